The molecule has 0 aromatic heterocycles. The van der Waals surface area contributed by atoms with Crippen molar-refractivity contribution in [1.82, 2.24) is 0 Å². The quantitative estimate of drug-likeness (QED) is 0.0982. The Morgan fingerprint density at radius 3 is 1.30 bits per heavy atom. The van der Waals surface area contributed by atoms with Gasteiger partial charge in [0.1, 0.15) is 5.69 Å². The molecule has 46 heavy (non-hydrogen) atoms. The van der Waals surface area contributed by atoms with Crippen LogP contribution >= 0.6 is 69.6 Å². The highest BCUT2D eigenvalue weighted by molar-refractivity contribution is 6.45. The van der Waals surface area contributed by atoms with Crippen LogP contribution in [0.25, 0.3) is 0 Å². The van der Waals surface area contributed by atoms with Crippen LogP contribution < -0.4 is 16.0 Å². The smallest absolute Gasteiger partial charge is 0.321 e. The molecule has 0 saturated heterocycles. The molecular weight excluding hydrogens is 742 g/mol. The van der Waals surface area contributed by atoms with Crippen molar-refractivity contribution in [2.75, 3.05) is 16.0 Å². The zero-order valence-corrected chi connectivity index (χ0v) is 26.7. The van der Waals surface area contributed by atoms with E-state index >= 15 is 0 Å². The van der Waals surface area contributed by atoms with Crippen LogP contribution in [0.2, 0.25) is 30.1 Å². The number of nitrogens with zero attached hydrogens (tertiary/aromatic N) is 1. The molecule has 0 aliphatic rings. The third-order valence-corrected chi connectivity index (χ3v) is 8.08. The van der Waals surface area contributed by atoms with E-state index in [4.69, 9.17) is 69.6 Å². The van der Waals surface area contributed by atoms with Gasteiger partial charge in [0, 0.05) is 22.8 Å². The Kier molecular flexibility index (Phi) is 10.6. The van der Waals surface area contributed by atoms with Gasteiger partial charge in [0.2, 0.25) is 0 Å². The molecule has 0 aliphatic heterocycles. The van der Waals surface area contributed by atoms with Gasteiger partial charge in [-0.3, -0.25) is 24.5 Å². The number of hydrogen-bond donors (Lipinski definition) is 3. The molecule has 0 radical (unpaired) electrons. The van der Waals surface area contributed by atoms with Crippen LogP contribution in [0.5, 0.6) is 0 Å². The summed E-state index contributed by atoms with van der Waals surface area (Å²) in [7, 11) is 0. The molecular formula is C28H13Cl6F3N4O5. The topological polar surface area (TPSA) is 130 Å². The second-order valence-corrected chi connectivity index (χ2v) is 11.6. The Morgan fingerprint density at radius 1 is 0.565 bits per heavy atom. The third-order valence-electron chi connectivity index (χ3n) is 6.01. The molecule has 0 aliphatic carbocycles. The van der Waals surface area contributed by atoms with Gasteiger partial charge in [-0.15, -0.1) is 0 Å². The molecule has 0 heterocycles. The highest BCUT2D eigenvalue weighted by Crippen LogP contribution is 2.36. The first-order valence-corrected chi connectivity index (χ1v) is 14.4. The number of nitrogens with one attached hydrogen (secondary N) is 3. The van der Waals surface area contributed by atoms with Gasteiger partial charge < -0.3 is 16.0 Å². The second-order valence-electron chi connectivity index (χ2n) is 9.14. The summed E-state index contributed by atoms with van der Waals surface area (Å²) in [5, 5.41) is 18.9. The Hall–Kier alpha value is -3.78. The predicted molar refractivity (Wildman–Crippen MR) is 171 cm³/mol. The number of hydrogen-bond acceptors (Lipinski definition) is 5. The molecule has 9 nitrogen and oxygen atoms in total. The summed E-state index contributed by atoms with van der Waals surface area (Å²) >= 11 is 36.2. The van der Waals surface area contributed by atoms with E-state index in [-0.39, 0.29) is 58.7 Å². The van der Waals surface area contributed by atoms with Gasteiger partial charge in [-0.1, -0.05) is 69.6 Å². The van der Waals surface area contributed by atoms with Gasteiger partial charge in [0.15, 0.2) is 0 Å². The predicted octanol–water partition coefficient (Wildman–Crippen LogP) is 10.3. The van der Waals surface area contributed by atoms with Crippen LogP contribution in [0.15, 0.2) is 60.7 Å². The number of halogens is 9. The van der Waals surface area contributed by atoms with Crippen molar-refractivity contribution >= 4 is 110 Å². The van der Waals surface area contributed by atoms with Crippen LogP contribution in [0, 0.1) is 10.1 Å². The van der Waals surface area contributed by atoms with E-state index in [1.165, 1.54) is 24.3 Å². The van der Waals surface area contributed by atoms with E-state index in [0.29, 0.717) is 12.1 Å². The van der Waals surface area contributed by atoms with E-state index in [2.05, 4.69) is 16.0 Å². The summed E-state index contributed by atoms with van der Waals surface area (Å²) in [4.78, 5) is 50.3. The van der Waals surface area contributed by atoms with Crippen LogP contribution in [0.3, 0.4) is 0 Å². The van der Waals surface area contributed by atoms with Crippen molar-refractivity contribution < 1.29 is 32.5 Å². The van der Waals surface area contributed by atoms with E-state index in [1.54, 1.807) is 0 Å². The first kappa shape index (κ1) is 35.1. The minimum atomic E-state index is -4.90. The molecule has 0 saturated carbocycles. The van der Waals surface area contributed by atoms with Crippen molar-refractivity contribution in [3.8, 4) is 0 Å². The van der Waals surface area contributed by atoms with Gasteiger partial charge >= 0.3 is 6.18 Å². The SMILES string of the molecule is O=C(Nc1cc(Cl)c(Cl)cc1Cl)c1cc(C(=O)Nc2cc(Cl)c(Cl)cc2Cl)cc(C(=O)Nc2ccc(C(F)(F)F)cc2[N+](=O)[O-])c1. The van der Waals surface area contributed by atoms with Crippen molar-refractivity contribution in [3.63, 3.8) is 0 Å². The highest BCUT2D eigenvalue weighted by Gasteiger charge is 2.33. The Morgan fingerprint density at radius 2 is 0.935 bits per heavy atom. The Balaban J connectivity index is 1.75. The van der Waals surface area contributed by atoms with Gasteiger partial charge in [0.25, 0.3) is 23.4 Å². The van der Waals surface area contributed by atoms with Gasteiger partial charge in [-0.05, 0) is 54.6 Å². The molecule has 3 amide bonds. The molecule has 0 bridgehead atoms. The number of rotatable bonds is 7. The van der Waals surface area contributed by atoms with Crippen LogP contribution in [0.1, 0.15) is 36.6 Å². The zero-order valence-electron chi connectivity index (χ0n) is 22.2. The number of alkyl halides is 3. The van der Waals surface area contributed by atoms with Crippen molar-refractivity contribution in [2.45, 2.75) is 6.18 Å². The maximum absolute atomic E-state index is 13.3. The van der Waals surface area contributed by atoms with Crippen molar-refractivity contribution in [1.29, 1.82) is 0 Å². The number of benzene rings is 4. The summed E-state index contributed by atoms with van der Waals surface area (Å²) in [5.41, 5.74) is -3.91. The van der Waals surface area contributed by atoms with Crippen molar-refractivity contribution in [3.05, 3.63) is 123 Å². The van der Waals surface area contributed by atoms with Crippen LogP contribution in [0.4, 0.5) is 35.9 Å². The average Bonchev–Trinajstić information content (AvgIpc) is 2.97. The van der Waals surface area contributed by atoms with Gasteiger partial charge in [0.05, 0.1) is 52.0 Å². The molecule has 3 N–H and O–H groups in total. The second kappa shape index (κ2) is 13.9. The lowest BCUT2D eigenvalue weighted by Gasteiger charge is -2.14. The fourth-order valence-corrected chi connectivity index (χ4v) is 4.99. The van der Waals surface area contributed by atoms with E-state index in [9.17, 15) is 37.7 Å². The number of nitro groups is 1. The first-order valence-electron chi connectivity index (χ1n) is 12.2. The number of nitro benzene ring substituents is 1. The molecule has 18 heteroatoms. The fraction of sp³-hybridized carbons (Fsp3) is 0.0357. The standard InChI is InChI=1S/C28H13Cl6F3N4O5/c29-15-7-19(33)22(9-17(15)31)39-26(43)12-3-11(4-13(5-12)27(44)40-23-10-18(32)16(30)8-20(23)34)25(42)38-21-2-1-14(28(35,36)37)6-24(21)41(45)46/h1-10H,(H,38,42)(H,39,43)(H,40,44). The maximum atomic E-state index is 13.3. The number of carbonyl (C=O) groups excluding carboxylic acids is 3. The Labute approximate surface area is 286 Å². The summed E-state index contributed by atoms with van der Waals surface area (Å²) in [6.45, 7) is 0. The summed E-state index contributed by atoms with van der Waals surface area (Å²) in [6.07, 6.45) is -4.90. The zero-order chi connectivity index (χ0) is 34.1. The lowest BCUT2D eigenvalue weighted by Crippen LogP contribution is -2.20. The van der Waals surface area contributed by atoms with Crippen LogP contribution in [-0.4, -0.2) is 22.6 Å². The first-order chi connectivity index (χ1) is 21.4. The lowest BCUT2D eigenvalue weighted by molar-refractivity contribution is -0.384. The summed E-state index contributed by atoms with van der Waals surface area (Å²) < 4.78 is 39.4. The van der Waals surface area contributed by atoms with Gasteiger partial charge in [-0.2, -0.15) is 13.2 Å². The molecule has 0 unspecified atom stereocenters. The van der Waals surface area contributed by atoms with Crippen LogP contribution in [-0.2, 0) is 6.18 Å². The minimum Gasteiger partial charge on any atom is -0.321 e. The van der Waals surface area contributed by atoms with E-state index < -0.39 is 51.3 Å². The number of anilines is 3. The molecule has 0 atom stereocenters. The molecule has 0 spiro atoms. The maximum Gasteiger partial charge on any atom is 0.416 e. The molecule has 0 fully saturated rings. The molecule has 238 valence electrons. The van der Waals surface area contributed by atoms with Crippen molar-refractivity contribution in [2.24, 2.45) is 0 Å². The highest BCUT2D eigenvalue weighted by atomic mass is 35.5. The largest absolute Gasteiger partial charge is 0.416 e. The molecule has 4 aromatic rings. The number of carbonyl (C=O) groups is 3. The molecule has 4 aromatic carbocycles. The Bertz CT molecular complexity index is 1850. The lowest BCUT2D eigenvalue weighted by atomic mass is 10.0. The van der Waals surface area contributed by atoms with E-state index in [0.717, 1.165) is 18.2 Å². The summed E-state index contributed by atoms with van der Waals surface area (Å²) in [6, 6.07) is 9.66. The average molecular weight is 755 g/mol. The van der Waals surface area contributed by atoms with Gasteiger partial charge in [-0.25, -0.2) is 0 Å². The minimum absolute atomic E-state index is 0.00140. The number of amides is 3. The monoisotopic (exact) mass is 752 g/mol. The third kappa shape index (κ3) is 8.13. The summed E-state index contributed by atoms with van der Waals surface area (Å²) in [5.74, 6) is -2.90. The van der Waals surface area contributed by atoms with E-state index in [1.807, 2.05) is 0 Å². The molecule has 4 rings (SSSR count). The fourth-order valence-electron chi connectivity index (χ4n) is 3.81. The normalized spacial score (nSPS) is 11.2.